The number of aliphatic hydroxyl groups excluding tert-OH is 1. The van der Waals surface area contributed by atoms with Gasteiger partial charge in [0.25, 0.3) is 0 Å². The molecule has 2 aliphatic rings. The molecule has 0 bridgehead atoms. The van der Waals surface area contributed by atoms with E-state index in [4.69, 9.17) is 0 Å². The summed E-state index contributed by atoms with van der Waals surface area (Å²) in [6.45, 7) is 0.336. The SMILES string of the molecule is OC[C@@]12CCCC=CC1=CCCC2. The van der Waals surface area contributed by atoms with Crippen LogP contribution in [-0.4, -0.2) is 11.7 Å². The Bertz CT molecular complexity index is 240. The second-order valence-corrected chi connectivity index (χ2v) is 4.28. The van der Waals surface area contributed by atoms with E-state index in [-0.39, 0.29) is 5.41 Å². The molecule has 13 heavy (non-hydrogen) atoms. The zero-order valence-corrected chi connectivity index (χ0v) is 8.13. The van der Waals surface area contributed by atoms with Crippen molar-refractivity contribution in [1.29, 1.82) is 0 Å². The zero-order chi connectivity index (χ0) is 9.15. The number of rotatable bonds is 1. The van der Waals surface area contributed by atoms with Crippen LogP contribution in [-0.2, 0) is 0 Å². The van der Waals surface area contributed by atoms with E-state index in [2.05, 4.69) is 18.2 Å². The molecule has 0 aromatic heterocycles. The molecule has 0 aliphatic heterocycles. The summed E-state index contributed by atoms with van der Waals surface area (Å²) in [6.07, 6.45) is 14.0. The largest absolute Gasteiger partial charge is 0.395 e. The van der Waals surface area contributed by atoms with Gasteiger partial charge in [-0.25, -0.2) is 0 Å². The quantitative estimate of drug-likeness (QED) is 0.654. The molecule has 0 aromatic carbocycles. The molecule has 1 nitrogen and oxygen atoms in total. The van der Waals surface area contributed by atoms with Crippen LogP contribution in [0.15, 0.2) is 23.8 Å². The average Bonchev–Trinajstić information content (AvgIpc) is 2.40. The van der Waals surface area contributed by atoms with Gasteiger partial charge >= 0.3 is 0 Å². The summed E-state index contributed by atoms with van der Waals surface area (Å²) in [4.78, 5) is 0. The molecule has 1 atom stereocenters. The zero-order valence-electron chi connectivity index (χ0n) is 8.13. The predicted molar refractivity (Wildman–Crippen MR) is 54.4 cm³/mol. The van der Waals surface area contributed by atoms with Gasteiger partial charge in [0.15, 0.2) is 0 Å². The Kier molecular flexibility index (Phi) is 2.54. The summed E-state index contributed by atoms with van der Waals surface area (Å²) in [7, 11) is 0. The van der Waals surface area contributed by atoms with Crippen molar-refractivity contribution in [3.8, 4) is 0 Å². The molecular formula is C12H18O. The number of hydrogen-bond donors (Lipinski definition) is 1. The summed E-state index contributed by atoms with van der Waals surface area (Å²) in [5, 5.41) is 9.53. The van der Waals surface area contributed by atoms with Crippen LogP contribution in [0.2, 0.25) is 0 Å². The average molecular weight is 178 g/mol. The molecule has 0 unspecified atom stereocenters. The number of hydrogen-bond acceptors (Lipinski definition) is 1. The van der Waals surface area contributed by atoms with Crippen LogP contribution < -0.4 is 0 Å². The third-order valence-corrected chi connectivity index (χ3v) is 3.46. The maximum absolute atomic E-state index is 9.53. The fraction of sp³-hybridized carbons (Fsp3) is 0.667. The molecule has 0 aromatic rings. The van der Waals surface area contributed by atoms with Gasteiger partial charge in [-0.15, -0.1) is 0 Å². The highest BCUT2D eigenvalue weighted by Gasteiger charge is 2.34. The highest BCUT2D eigenvalue weighted by atomic mass is 16.3. The minimum Gasteiger partial charge on any atom is -0.395 e. The predicted octanol–water partition coefficient (Wildman–Crippen LogP) is 2.82. The first-order valence-electron chi connectivity index (χ1n) is 5.35. The molecule has 2 rings (SSSR count). The Labute approximate surface area is 80.2 Å². The lowest BCUT2D eigenvalue weighted by atomic mass is 9.71. The molecule has 0 fully saturated rings. The van der Waals surface area contributed by atoms with Gasteiger partial charge in [0, 0.05) is 5.41 Å². The van der Waals surface area contributed by atoms with Gasteiger partial charge in [0.05, 0.1) is 6.61 Å². The van der Waals surface area contributed by atoms with Crippen molar-refractivity contribution >= 4 is 0 Å². The minimum absolute atomic E-state index is 0.130. The van der Waals surface area contributed by atoms with E-state index >= 15 is 0 Å². The Morgan fingerprint density at radius 3 is 2.77 bits per heavy atom. The van der Waals surface area contributed by atoms with Crippen molar-refractivity contribution in [3.05, 3.63) is 23.8 Å². The topological polar surface area (TPSA) is 20.2 Å². The van der Waals surface area contributed by atoms with Crippen molar-refractivity contribution in [1.82, 2.24) is 0 Å². The summed E-state index contributed by atoms with van der Waals surface area (Å²) in [5.74, 6) is 0. The van der Waals surface area contributed by atoms with Gasteiger partial charge in [-0.1, -0.05) is 18.2 Å². The van der Waals surface area contributed by atoms with Crippen molar-refractivity contribution in [2.24, 2.45) is 5.41 Å². The van der Waals surface area contributed by atoms with Gasteiger partial charge < -0.3 is 5.11 Å². The highest BCUT2D eigenvalue weighted by molar-refractivity contribution is 5.30. The van der Waals surface area contributed by atoms with E-state index in [9.17, 15) is 5.11 Å². The molecule has 0 heterocycles. The van der Waals surface area contributed by atoms with Gasteiger partial charge in [-0.2, -0.15) is 0 Å². The van der Waals surface area contributed by atoms with Crippen molar-refractivity contribution < 1.29 is 5.11 Å². The molecule has 0 amide bonds. The Morgan fingerprint density at radius 1 is 1.23 bits per heavy atom. The maximum atomic E-state index is 9.53. The van der Waals surface area contributed by atoms with Crippen molar-refractivity contribution in [2.45, 2.75) is 38.5 Å². The summed E-state index contributed by atoms with van der Waals surface area (Å²) in [6, 6.07) is 0. The van der Waals surface area contributed by atoms with Gasteiger partial charge in [-0.3, -0.25) is 0 Å². The molecule has 1 N–H and O–H groups in total. The van der Waals surface area contributed by atoms with Crippen LogP contribution in [0, 0.1) is 5.41 Å². The minimum atomic E-state index is 0.130. The van der Waals surface area contributed by atoms with Crippen LogP contribution in [0.4, 0.5) is 0 Å². The fourth-order valence-electron chi connectivity index (χ4n) is 2.59. The fourth-order valence-corrected chi connectivity index (χ4v) is 2.59. The van der Waals surface area contributed by atoms with Crippen LogP contribution in [0.25, 0.3) is 0 Å². The Morgan fingerprint density at radius 2 is 2.00 bits per heavy atom. The van der Waals surface area contributed by atoms with Crippen molar-refractivity contribution in [3.63, 3.8) is 0 Å². The molecular weight excluding hydrogens is 160 g/mol. The lowest BCUT2D eigenvalue weighted by Crippen LogP contribution is -2.28. The molecule has 1 heteroatoms. The smallest absolute Gasteiger partial charge is 0.0527 e. The monoisotopic (exact) mass is 178 g/mol. The van der Waals surface area contributed by atoms with E-state index in [1.165, 1.54) is 44.1 Å². The van der Waals surface area contributed by atoms with Crippen LogP contribution in [0.1, 0.15) is 38.5 Å². The number of aliphatic hydroxyl groups is 1. The molecule has 72 valence electrons. The van der Waals surface area contributed by atoms with Gasteiger partial charge in [-0.05, 0) is 44.1 Å². The lowest BCUT2D eigenvalue weighted by molar-refractivity contribution is 0.134. The van der Waals surface area contributed by atoms with Crippen LogP contribution in [0.3, 0.4) is 0 Å². The third kappa shape index (κ3) is 1.58. The van der Waals surface area contributed by atoms with E-state index < -0.39 is 0 Å². The second-order valence-electron chi connectivity index (χ2n) is 4.28. The maximum Gasteiger partial charge on any atom is 0.0527 e. The van der Waals surface area contributed by atoms with Crippen LogP contribution in [0.5, 0.6) is 0 Å². The molecule has 0 radical (unpaired) electrons. The summed E-state index contributed by atoms with van der Waals surface area (Å²) < 4.78 is 0. The first-order valence-corrected chi connectivity index (χ1v) is 5.35. The lowest BCUT2D eigenvalue weighted by Gasteiger charge is -2.35. The van der Waals surface area contributed by atoms with Crippen LogP contribution >= 0.6 is 0 Å². The molecule has 0 saturated heterocycles. The van der Waals surface area contributed by atoms with E-state index in [1.54, 1.807) is 0 Å². The van der Waals surface area contributed by atoms with E-state index in [0.717, 1.165) is 0 Å². The molecule has 0 spiro atoms. The first-order chi connectivity index (χ1) is 6.37. The van der Waals surface area contributed by atoms with Gasteiger partial charge in [0.2, 0.25) is 0 Å². The third-order valence-electron chi connectivity index (χ3n) is 3.46. The van der Waals surface area contributed by atoms with E-state index in [1.807, 2.05) is 0 Å². The summed E-state index contributed by atoms with van der Waals surface area (Å²) >= 11 is 0. The molecule has 2 aliphatic carbocycles. The summed E-state index contributed by atoms with van der Waals surface area (Å²) in [5.41, 5.74) is 1.53. The number of allylic oxidation sites excluding steroid dienone is 3. The first kappa shape index (κ1) is 9.01. The second kappa shape index (κ2) is 3.67. The standard InChI is InChI=1S/C12H18O/c13-10-12-8-4-1-2-6-11(12)7-3-5-9-12/h2,6-7,13H,1,3-5,8-10H2/t12-/m0/s1. The van der Waals surface area contributed by atoms with Crippen molar-refractivity contribution in [2.75, 3.05) is 6.61 Å². The highest BCUT2D eigenvalue weighted by Crippen LogP contribution is 2.43. The molecule has 0 saturated carbocycles. The van der Waals surface area contributed by atoms with E-state index in [0.29, 0.717) is 6.61 Å². The Balaban J connectivity index is 2.31. The van der Waals surface area contributed by atoms with Gasteiger partial charge in [0.1, 0.15) is 0 Å². The number of fused-ring (bicyclic) bond motifs is 1. The Hall–Kier alpha value is -0.560. The normalized spacial score (nSPS) is 33.5.